The maximum absolute atomic E-state index is 11.8. The van der Waals surface area contributed by atoms with E-state index < -0.39 is 0 Å². The smallest absolute Gasteiger partial charge is 0.227 e. The number of carbonyl (C=O) groups excluding carboxylic acids is 1. The highest BCUT2D eigenvalue weighted by molar-refractivity contribution is 5.95. The fourth-order valence-corrected chi connectivity index (χ4v) is 3.03. The van der Waals surface area contributed by atoms with Crippen LogP contribution < -0.4 is 4.90 Å². The SMILES string of the molecule is Cc1nonc1CN1CC(n2cc(N3CCCC3=O)cn2)C1. The molecule has 2 aromatic rings. The quantitative estimate of drug-likeness (QED) is 0.829. The van der Waals surface area contributed by atoms with E-state index in [0.717, 1.165) is 49.7 Å². The maximum Gasteiger partial charge on any atom is 0.227 e. The fraction of sp³-hybridized carbons (Fsp3) is 0.571. The van der Waals surface area contributed by atoms with Gasteiger partial charge in [0.15, 0.2) is 0 Å². The van der Waals surface area contributed by atoms with Crippen LogP contribution in [0.1, 0.15) is 30.3 Å². The molecule has 0 atom stereocenters. The van der Waals surface area contributed by atoms with Crippen molar-refractivity contribution in [1.82, 2.24) is 25.0 Å². The molecule has 0 saturated carbocycles. The number of anilines is 1. The summed E-state index contributed by atoms with van der Waals surface area (Å²) in [6, 6.07) is 0.353. The first-order chi connectivity index (χ1) is 10.7. The second-order valence-electron chi connectivity index (χ2n) is 5.97. The standard InChI is InChI=1S/C14H18N6O2/c1-10-13(17-22-16-10)9-18-6-12(7-18)20-8-11(5-15-20)19-4-2-3-14(19)21/h5,8,12H,2-4,6-7,9H2,1H3. The lowest BCUT2D eigenvalue weighted by molar-refractivity contribution is -0.117. The van der Waals surface area contributed by atoms with E-state index in [1.807, 2.05) is 22.7 Å². The minimum atomic E-state index is 0.198. The summed E-state index contributed by atoms with van der Waals surface area (Å²) >= 11 is 0. The molecule has 2 aliphatic rings. The Morgan fingerprint density at radius 1 is 1.36 bits per heavy atom. The molecule has 22 heavy (non-hydrogen) atoms. The van der Waals surface area contributed by atoms with Gasteiger partial charge in [0, 0.05) is 38.8 Å². The predicted molar refractivity (Wildman–Crippen MR) is 77.2 cm³/mol. The molecule has 2 fully saturated rings. The number of aryl methyl sites for hydroxylation is 1. The molecule has 0 N–H and O–H groups in total. The summed E-state index contributed by atoms with van der Waals surface area (Å²) < 4.78 is 6.68. The van der Waals surface area contributed by atoms with Crippen LogP contribution in [0.15, 0.2) is 17.0 Å². The van der Waals surface area contributed by atoms with Gasteiger partial charge in [-0.3, -0.25) is 14.4 Å². The first kappa shape index (κ1) is 13.4. The van der Waals surface area contributed by atoms with Gasteiger partial charge >= 0.3 is 0 Å². The summed E-state index contributed by atoms with van der Waals surface area (Å²) in [7, 11) is 0. The normalized spacial score (nSPS) is 19.9. The van der Waals surface area contributed by atoms with Gasteiger partial charge in [-0.05, 0) is 13.3 Å². The van der Waals surface area contributed by atoms with E-state index in [4.69, 9.17) is 4.63 Å². The van der Waals surface area contributed by atoms with Crippen LogP contribution in [-0.4, -0.2) is 50.5 Å². The monoisotopic (exact) mass is 302 g/mol. The number of aromatic nitrogens is 4. The molecule has 2 aromatic heterocycles. The molecule has 0 bridgehead atoms. The Morgan fingerprint density at radius 2 is 2.23 bits per heavy atom. The zero-order valence-electron chi connectivity index (χ0n) is 12.5. The molecule has 4 heterocycles. The van der Waals surface area contributed by atoms with Crippen molar-refractivity contribution in [2.24, 2.45) is 0 Å². The lowest BCUT2D eigenvalue weighted by Crippen LogP contribution is -2.47. The van der Waals surface area contributed by atoms with Crippen molar-refractivity contribution in [2.45, 2.75) is 32.4 Å². The number of hydrogen-bond acceptors (Lipinski definition) is 6. The van der Waals surface area contributed by atoms with E-state index in [1.54, 1.807) is 6.20 Å². The Labute approximate surface area is 127 Å². The first-order valence-corrected chi connectivity index (χ1v) is 7.55. The van der Waals surface area contributed by atoms with Crippen LogP contribution in [-0.2, 0) is 11.3 Å². The van der Waals surface area contributed by atoms with Crippen molar-refractivity contribution in [3.63, 3.8) is 0 Å². The number of likely N-dealkylation sites (tertiary alicyclic amines) is 1. The van der Waals surface area contributed by atoms with Gasteiger partial charge in [-0.15, -0.1) is 0 Å². The zero-order chi connectivity index (χ0) is 15.1. The molecule has 8 nitrogen and oxygen atoms in total. The van der Waals surface area contributed by atoms with Crippen LogP contribution in [0.2, 0.25) is 0 Å². The zero-order valence-corrected chi connectivity index (χ0v) is 12.5. The largest absolute Gasteiger partial charge is 0.309 e. The molecule has 2 saturated heterocycles. The number of hydrogen-bond donors (Lipinski definition) is 0. The van der Waals surface area contributed by atoms with E-state index in [-0.39, 0.29) is 5.91 Å². The molecule has 0 aromatic carbocycles. The molecule has 0 spiro atoms. The molecule has 0 radical (unpaired) electrons. The van der Waals surface area contributed by atoms with Crippen LogP contribution in [0.25, 0.3) is 0 Å². The van der Waals surface area contributed by atoms with Gasteiger partial charge in [-0.25, -0.2) is 4.63 Å². The summed E-state index contributed by atoms with van der Waals surface area (Å²) in [5, 5.41) is 12.1. The molecule has 8 heteroatoms. The molecule has 1 amide bonds. The van der Waals surface area contributed by atoms with Crippen molar-refractivity contribution in [3.8, 4) is 0 Å². The Balaban J connectivity index is 1.36. The van der Waals surface area contributed by atoms with E-state index in [1.165, 1.54) is 0 Å². The van der Waals surface area contributed by atoms with Crippen LogP contribution >= 0.6 is 0 Å². The first-order valence-electron chi connectivity index (χ1n) is 7.55. The van der Waals surface area contributed by atoms with Gasteiger partial charge < -0.3 is 4.90 Å². The van der Waals surface area contributed by atoms with Crippen molar-refractivity contribution in [1.29, 1.82) is 0 Å². The highest BCUT2D eigenvalue weighted by atomic mass is 16.6. The fourth-order valence-electron chi connectivity index (χ4n) is 3.03. The number of nitrogens with zero attached hydrogens (tertiary/aromatic N) is 6. The third kappa shape index (κ3) is 2.29. The molecule has 116 valence electrons. The van der Waals surface area contributed by atoms with E-state index in [2.05, 4.69) is 20.3 Å². The van der Waals surface area contributed by atoms with E-state index in [0.29, 0.717) is 12.5 Å². The summed E-state index contributed by atoms with van der Waals surface area (Å²) in [6.45, 7) is 5.29. The second-order valence-corrected chi connectivity index (χ2v) is 5.97. The minimum Gasteiger partial charge on any atom is -0.309 e. The summed E-state index contributed by atoms with van der Waals surface area (Å²) in [5.41, 5.74) is 2.65. The highest BCUT2D eigenvalue weighted by Gasteiger charge is 2.31. The third-order valence-corrected chi connectivity index (χ3v) is 4.40. The number of amides is 1. The Hall–Kier alpha value is -2.22. The second kappa shape index (κ2) is 5.20. The predicted octanol–water partition coefficient (Wildman–Crippen LogP) is 0.758. The van der Waals surface area contributed by atoms with Crippen molar-refractivity contribution in [2.75, 3.05) is 24.5 Å². The average Bonchev–Trinajstić information content (AvgIpc) is 3.15. The molecular formula is C14H18N6O2. The van der Waals surface area contributed by atoms with Gasteiger partial charge in [0.05, 0.1) is 17.9 Å². The van der Waals surface area contributed by atoms with Gasteiger partial charge in [0.2, 0.25) is 5.91 Å². The van der Waals surface area contributed by atoms with E-state index in [9.17, 15) is 4.79 Å². The van der Waals surface area contributed by atoms with Gasteiger partial charge in [-0.2, -0.15) is 5.10 Å². The lowest BCUT2D eigenvalue weighted by atomic mass is 10.1. The topological polar surface area (TPSA) is 80.3 Å². The molecule has 2 aliphatic heterocycles. The van der Waals surface area contributed by atoms with Crippen LogP contribution in [0.4, 0.5) is 5.69 Å². The molecule has 0 unspecified atom stereocenters. The summed E-state index contributed by atoms with van der Waals surface area (Å²) in [5.74, 6) is 0.198. The third-order valence-electron chi connectivity index (χ3n) is 4.40. The van der Waals surface area contributed by atoms with E-state index >= 15 is 0 Å². The van der Waals surface area contributed by atoms with Crippen molar-refractivity contribution in [3.05, 3.63) is 23.8 Å². The average molecular weight is 302 g/mol. The van der Waals surface area contributed by atoms with Crippen molar-refractivity contribution < 1.29 is 9.42 Å². The Kier molecular flexibility index (Phi) is 3.18. The van der Waals surface area contributed by atoms with Gasteiger partial charge in [0.1, 0.15) is 11.4 Å². The maximum atomic E-state index is 11.8. The molecular weight excluding hydrogens is 284 g/mol. The minimum absolute atomic E-state index is 0.198. The van der Waals surface area contributed by atoms with Crippen LogP contribution in [0.5, 0.6) is 0 Å². The summed E-state index contributed by atoms with van der Waals surface area (Å²) in [6.07, 6.45) is 5.35. The van der Waals surface area contributed by atoms with Gasteiger partial charge in [-0.1, -0.05) is 10.3 Å². The van der Waals surface area contributed by atoms with Gasteiger partial charge in [0.25, 0.3) is 0 Å². The number of carbonyl (C=O) groups is 1. The van der Waals surface area contributed by atoms with Crippen LogP contribution in [0.3, 0.4) is 0 Å². The summed E-state index contributed by atoms with van der Waals surface area (Å²) in [4.78, 5) is 15.9. The molecule has 0 aliphatic carbocycles. The Morgan fingerprint density at radius 3 is 2.91 bits per heavy atom. The lowest BCUT2D eigenvalue weighted by Gasteiger charge is -2.38. The number of rotatable bonds is 4. The van der Waals surface area contributed by atoms with Crippen molar-refractivity contribution >= 4 is 11.6 Å². The molecule has 4 rings (SSSR count). The Bertz CT molecular complexity index is 687. The van der Waals surface area contributed by atoms with Crippen LogP contribution in [0, 0.1) is 6.92 Å². The highest BCUT2D eigenvalue weighted by Crippen LogP contribution is 2.26.